The number of carbonyl (C=O) groups excluding carboxylic acids is 2. The second kappa shape index (κ2) is 6.29. The van der Waals surface area contributed by atoms with Gasteiger partial charge in [-0.1, -0.05) is 29.8 Å². The molecule has 0 fully saturated rings. The van der Waals surface area contributed by atoms with Crippen molar-refractivity contribution < 1.29 is 9.59 Å². The molecule has 0 atom stereocenters. The number of halogens is 2. The van der Waals surface area contributed by atoms with Gasteiger partial charge < -0.3 is 10.2 Å². The summed E-state index contributed by atoms with van der Waals surface area (Å²) < 4.78 is 0. The van der Waals surface area contributed by atoms with Crippen molar-refractivity contribution >= 4 is 35.0 Å². The van der Waals surface area contributed by atoms with E-state index in [2.05, 4.69) is 11.9 Å². The van der Waals surface area contributed by atoms with E-state index < -0.39 is 0 Å². The standard InChI is InChI=1S/C14H14Cl2N2O2/c1-2-13(19)17-7-14(20)18-4-3-11-9(8-18)5-10(15)6-12(11)16/h2,5-6H,1,3-4,7-8H2,(H,17,19). The van der Waals surface area contributed by atoms with Gasteiger partial charge >= 0.3 is 0 Å². The summed E-state index contributed by atoms with van der Waals surface area (Å²) in [5, 5.41) is 3.67. The van der Waals surface area contributed by atoms with E-state index in [9.17, 15) is 9.59 Å². The van der Waals surface area contributed by atoms with Crippen LogP contribution in [0, 0.1) is 0 Å². The lowest BCUT2D eigenvalue weighted by Crippen LogP contribution is -2.42. The molecule has 0 radical (unpaired) electrons. The van der Waals surface area contributed by atoms with Gasteiger partial charge in [0.05, 0.1) is 6.54 Å². The number of hydrogen-bond acceptors (Lipinski definition) is 2. The topological polar surface area (TPSA) is 49.4 Å². The minimum absolute atomic E-state index is 0.0332. The van der Waals surface area contributed by atoms with E-state index in [1.807, 2.05) is 6.07 Å². The molecule has 4 nitrogen and oxygen atoms in total. The van der Waals surface area contributed by atoms with E-state index in [4.69, 9.17) is 23.2 Å². The maximum absolute atomic E-state index is 12.0. The zero-order chi connectivity index (χ0) is 14.7. The lowest BCUT2D eigenvalue weighted by Gasteiger charge is -2.29. The van der Waals surface area contributed by atoms with Crippen LogP contribution in [-0.4, -0.2) is 29.8 Å². The van der Waals surface area contributed by atoms with Gasteiger partial charge in [0.2, 0.25) is 11.8 Å². The Hall–Kier alpha value is -1.52. The van der Waals surface area contributed by atoms with Crippen molar-refractivity contribution in [3.8, 4) is 0 Å². The van der Waals surface area contributed by atoms with Gasteiger partial charge in [-0.2, -0.15) is 0 Å². The van der Waals surface area contributed by atoms with Crippen LogP contribution in [0.25, 0.3) is 0 Å². The van der Waals surface area contributed by atoms with Crippen molar-refractivity contribution in [2.75, 3.05) is 13.1 Å². The quantitative estimate of drug-likeness (QED) is 0.870. The zero-order valence-corrected chi connectivity index (χ0v) is 12.3. The average Bonchev–Trinajstić information content (AvgIpc) is 2.43. The minimum atomic E-state index is -0.359. The summed E-state index contributed by atoms with van der Waals surface area (Å²) in [7, 11) is 0. The normalized spacial score (nSPS) is 13.6. The van der Waals surface area contributed by atoms with E-state index in [0.717, 1.165) is 17.2 Å². The molecule has 1 aromatic rings. The van der Waals surface area contributed by atoms with Crippen molar-refractivity contribution in [2.45, 2.75) is 13.0 Å². The Morgan fingerprint density at radius 2 is 2.15 bits per heavy atom. The molecule has 0 spiro atoms. The van der Waals surface area contributed by atoms with E-state index in [1.165, 1.54) is 0 Å². The number of benzene rings is 1. The lowest BCUT2D eigenvalue weighted by atomic mass is 9.99. The zero-order valence-electron chi connectivity index (χ0n) is 10.8. The number of fused-ring (bicyclic) bond motifs is 1. The minimum Gasteiger partial charge on any atom is -0.343 e. The molecule has 6 heteroatoms. The SMILES string of the molecule is C=CC(=O)NCC(=O)N1CCc2c(Cl)cc(Cl)cc2C1. The van der Waals surface area contributed by atoms with Gasteiger partial charge in [-0.15, -0.1) is 0 Å². The third kappa shape index (κ3) is 3.32. The van der Waals surface area contributed by atoms with Crippen LogP contribution in [0.15, 0.2) is 24.8 Å². The average molecular weight is 313 g/mol. The summed E-state index contributed by atoms with van der Waals surface area (Å²) in [5.74, 6) is -0.496. The molecule has 2 rings (SSSR count). The predicted octanol–water partition coefficient (Wildman–Crippen LogP) is 2.18. The molecule has 0 aliphatic carbocycles. The second-order valence-corrected chi connectivity index (χ2v) is 5.36. The first kappa shape index (κ1) is 14.9. The maximum Gasteiger partial charge on any atom is 0.243 e. The van der Waals surface area contributed by atoms with Crippen LogP contribution in [0.3, 0.4) is 0 Å². The highest BCUT2D eigenvalue weighted by molar-refractivity contribution is 6.35. The molecule has 0 saturated carbocycles. The number of carbonyl (C=O) groups is 2. The molecule has 1 heterocycles. The predicted molar refractivity (Wildman–Crippen MR) is 78.8 cm³/mol. The molecular formula is C14H14Cl2N2O2. The number of rotatable bonds is 3. The Balaban J connectivity index is 2.05. The Labute approximate surface area is 127 Å². The molecule has 1 aliphatic heterocycles. The van der Waals surface area contributed by atoms with Crippen LogP contribution in [0.4, 0.5) is 0 Å². The molecule has 0 bridgehead atoms. The fraction of sp³-hybridized carbons (Fsp3) is 0.286. The summed E-state index contributed by atoms with van der Waals surface area (Å²) in [6.07, 6.45) is 1.82. The van der Waals surface area contributed by atoms with Gasteiger partial charge in [0, 0.05) is 23.1 Å². The molecule has 1 N–H and O–H groups in total. The van der Waals surface area contributed by atoms with Crippen molar-refractivity contribution in [1.82, 2.24) is 10.2 Å². The molecule has 0 saturated heterocycles. The molecule has 20 heavy (non-hydrogen) atoms. The largest absolute Gasteiger partial charge is 0.343 e. The van der Waals surface area contributed by atoms with Crippen LogP contribution in [-0.2, 0) is 22.6 Å². The summed E-state index contributed by atoms with van der Waals surface area (Å²) in [4.78, 5) is 24.7. The van der Waals surface area contributed by atoms with Crippen LogP contribution >= 0.6 is 23.2 Å². The van der Waals surface area contributed by atoms with Gasteiger partial charge in [0.15, 0.2) is 0 Å². The van der Waals surface area contributed by atoms with Crippen LogP contribution in [0.5, 0.6) is 0 Å². The van der Waals surface area contributed by atoms with Crippen molar-refractivity contribution in [2.24, 2.45) is 0 Å². The number of nitrogens with zero attached hydrogens (tertiary/aromatic N) is 1. The van der Waals surface area contributed by atoms with Gasteiger partial charge in [-0.05, 0) is 35.8 Å². The number of hydrogen-bond donors (Lipinski definition) is 1. The highest BCUT2D eigenvalue weighted by Crippen LogP contribution is 2.29. The highest BCUT2D eigenvalue weighted by atomic mass is 35.5. The molecule has 0 aromatic heterocycles. The van der Waals surface area contributed by atoms with E-state index >= 15 is 0 Å². The third-order valence-corrected chi connectivity index (χ3v) is 3.75. The molecule has 0 unspecified atom stereocenters. The lowest BCUT2D eigenvalue weighted by molar-refractivity contribution is -0.132. The second-order valence-electron chi connectivity index (χ2n) is 4.51. The Bertz CT molecular complexity index is 573. The molecule has 1 aromatic carbocycles. The molecule has 106 valence electrons. The smallest absolute Gasteiger partial charge is 0.243 e. The first-order valence-corrected chi connectivity index (χ1v) is 6.91. The van der Waals surface area contributed by atoms with E-state index in [-0.39, 0.29) is 18.4 Å². The summed E-state index contributed by atoms with van der Waals surface area (Å²) >= 11 is 12.1. The highest BCUT2D eigenvalue weighted by Gasteiger charge is 2.22. The van der Waals surface area contributed by atoms with Crippen molar-refractivity contribution in [3.05, 3.63) is 46.0 Å². The van der Waals surface area contributed by atoms with Crippen LogP contribution < -0.4 is 5.32 Å². The van der Waals surface area contributed by atoms with Crippen molar-refractivity contribution in [3.63, 3.8) is 0 Å². The molecule has 2 amide bonds. The monoisotopic (exact) mass is 312 g/mol. The van der Waals surface area contributed by atoms with E-state index in [1.54, 1.807) is 11.0 Å². The summed E-state index contributed by atoms with van der Waals surface area (Å²) in [6, 6.07) is 3.54. The Morgan fingerprint density at radius 3 is 2.85 bits per heavy atom. The fourth-order valence-corrected chi connectivity index (χ4v) is 2.80. The van der Waals surface area contributed by atoms with E-state index in [0.29, 0.717) is 29.6 Å². The molecule has 1 aliphatic rings. The first-order valence-electron chi connectivity index (χ1n) is 6.16. The van der Waals surface area contributed by atoms with Gasteiger partial charge in [-0.25, -0.2) is 0 Å². The Morgan fingerprint density at radius 1 is 1.40 bits per heavy atom. The van der Waals surface area contributed by atoms with Gasteiger partial charge in [0.1, 0.15) is 0 Å². The van der Waals surface area contributed by atoms with Crippen LogP contribution in [0.1, 0.15) is 11.1 Å². The maximum atomic E-state index is 12.0. The van der Waals surface area contributed by atoms with Gasteiger partial charge in [0.25, 0.3) is 0 Å². The summed E-state index contributed by atoms with van der Waals surface area (Å²) in [5.41, 5.74) is 1.99. The summed E-state index contributed by atoms with van der Waals surface area (Å²) in [6.45, 7) is 4.34. The van der Waals surface area contributed by atoms with Crippen LogP contribution in [0.2, 0.25) is 10.0 Å². The fourth-order valence-electron chi connectivity index (χ4n) is 2.17. The first-order chi connectivity index (χ1) is 9.51. The van der Waals surface area contributed by atoms with Gasteiger partial charge in [-0.3, -0.25) is 9.59 Å². The third-order valence-electron chi connectivity index (χ3n) is 3.20. The molecular weight excluding hydrogens is 299 g/mol. The number of amides is 2. The van der Waals surface area contributed by atoms with Crippen molar-refractivity contribution in [1.29, 1.82) is 0 Å². The Kier molecular flexibility index (Phi) is 4.68. The number of nitrogens with one attached hydrogen (secondary N) is 1.